The van der Waals surface area contributed by atoms with E-state index in [0.717, 1.165) is 16.7 Å². The van der Waals surface area contributed by atoms with Crippen LogP contribution in [-0.4, -0.2) is 45.9 Å². The van der Waals surface area contributed by atoms with Gasteiger partial charge in [0.15, 0.2) is 0 Å². The molecule has 1 spiro atoms. The summed E-state index contributed by atoms with van der Waals surface area (Å²) in [6.45, 7) is 9.03. The number of carbonyl (C=O) groups is 2. The summed E-state index contributed by atoms with van der Waals surface area (Å²) in [6.07, 6.45) is 7.26. The Bertz CT molecular complexity index is 1090. The zero-order chi connectivity index (χ0) is 26.3. The Kier molecular flexibility index (Phi) is 7.31. The molecular weight excluding hydrogens is 454 g/mol. The fourth-order valence-electron chi connectivity index (χ4n) is 6.76. The molecule has 0 saturated carbocycles. The first-order chi connectivity index (χ1) is 17.0. The highest BCUT2D eigenvalue weighted by molar-refractivity contribution is 5.89. The van der Waals surface area contributed by atoms with Crippen molar-refractivity contribution >= 4 is 11.9 Å². The van der Waals surface area contributed by atoms with Crippen LogP contribution in [0.15, 0.2) is 65.8 Å². The Morgan fingerprint density at radius 3 is 2.53 bits per heavy atom. The average Bonchev–Trinajstić information content (AvgIpc) is 3.08. The zero-order valence-corrected chi connectivity index (χ0v) is 21.9. The van der Waals surface area contributed by atoms with Gasteiger partial charge in [0.25, 0.3) is 0 Å². The van der Waals surface area contributed by atoms with Gasteiger partial charge in [0.05, 0.1) is 11.7 Å². The van der Waals surface area contributed by atoms with E-state index < -0.39 is 35.1 Å². The standard InChI is InChI=1S/C30H39NO5/c1-18-10-9-13-23-27(33)20(3)19(2)26-24(16-22-11-7-6-8-12-22)31-28(34)30(23,26)25(36-21(4)32)14-15-29(5,35)17-18/h6-9,11-15,18,23-27,33,35H,10,16-17H2,1-5H3,(H,31,34)/b13-9+,15-14-. The van der Waals surface area contributed by atoms with Gasteiger partial charge in [0.1, 0.15) is 11.5 Å². The maximum Gasteiger partial charge on any atom is 0.303 e. The molecule has 194 valence electrons. The summed E-state index contributed by atoms with van der Waals surface area (Å²) in [5.74, 6) is -1.49. The quantitative estimate of drug-likeness (QED) is 0.439. The van der Waals surface area contributed by atoms with Crippen LogP contribution in [0.25, 0.3) is 0 Å². The number of esters is 1. The molecule has 6 nitrogen and oxygen atoms in total. The molecule has 36 heavy (non-hydrogen) atoms. The third-order valence-electron chi connectivity index (χ3n) is 8.39. The van der Waals surface area contributed by atoms with E-state index in [1.165, 1.54) is 6.92 Å². The van der Waals surface area contributed by atoms with E-state index in [1.54, 1.807) is 19.1 Å². The Labute approximate surface area is 214 Å². The number of allylic oxidation sites excluding steroid dienone is 1. The van der Waals surface area contributed by atoms with Gasteiger partial charge in [-0.25, -0.2) is 0 Å². The van der Waals surface area contributed by atoms with Gasteiger partial charge in [0, 0.05) is 24.8 Å². The van der Waals surface area contributed by atoms with E-state index in [-0.39, 0.29) is 23.8 Å². The number of amides is 1. The normalized spacial score (nSPS) is 40.4. The summed E-state index contributed by atoms with van der Waals surface area (Å²) < 4.78 is 5.89. The predicted octanol–water partition coefficient (Wildman–Crippen LogP) is 3.88. The van der Waals surface area contributed by atoms with E-state index >= 15 is 0 Å². The molecule has 1 heterocycles. The number of benzene rings is 1. The minimum absolute atomic E-state index is 0.181. The van der Waals surface area contributed by atoms with Gasteiger partial charge in [0.2, 0.25) is 5.91 Å². The fraction of sp³-hybridized carbons (Fsp3) is 0.533. The van der Waals surface area contributed by atoms with Crippen molar-refractivity contribution in [3.8, 4) is 0 Å². The molecule has 1 aromatic rings. The van der Waals surface area contributed by atoms with Crippen LogP contribution in [-0.2, 0) is 20.7 Å². The molecule has 1 aliphatic heterocycles. The molecule has 1 aromatic carbocycles. The molecule has 3 N–H and O–H groups in total. The molecule has 0 bridgehead atoms. The molecule has 8 atom stereocenters. The smallest absolute Gasteiger partial charge is 0.303 e. The summed E-state index contributed by atoms with van der Waals surface area (Å²) >= 11 is 0. The largest absolute Gasteiger partial charge is 0.457 e. The second kappa shape index (κ2) is 9.98. The summed E-state index contributed by atoms with van der Waals surface area (Å²) in [7, 11) is 0. The minimum atomic E-state index is -1.26. The van der Waals surface area contributed by atoms with Crippen LogP contribution >= 0.6 is 0 Å². The number of carbonyl (C=O) groups excluding carboxylic acids is 2. The molecule has 0 radical (unpaired) electrons. The van der Waals surface area contributed by atoms with E-state index in [0.29, 0.717) is 19.3 Å². The number of rotatable bonds is 3. The van der Waals surface area contributed by atoms with Crippen molar-refractivity contribution in [2.24, 2.45) is 23.2 Å². The number of hydrogen-bond acceptors (Lipinski definition) is 5. The van der Waals surface area contributed by atoms with Gasteiger partial charge in [-0.2, -0.15) is 0 Å². The SMILES string of the molecule is CC(=O)OC1/C=C\C(C)(O)CC(C)C/C=C/C2C(O)C(C)=C(C)C3C(Cc4ccccc4)NC(=O)C123. The van der Waals surface area contributed by atoms with Gasteiger partial charge in [-0.05, 0) is 63.2 Å². The van der Waals surface area contributed by atoms with E-state index in [1.807, 2.05) is 56.3 Å². The van der Waals surface area contributed by atoms with Crippen molar-refractivity contribution in [3.63, 3.8) is 0 Å². The van der Waals surface area contributed by atoms with E-state index in [2.05, 4.69) is 12.2 Å². The number of hydrogen-bond donors (Lipinski definition) is 3. The first-order valence-corrected chi connectivity index (χ1v) is 12.9. The van der Waals surface area contributed by atoms with Crippen molar-refractivity contribution in [3.05, 3.63) is 71.3 Å². The maximum absolute atomic E-state index is 14.2. The number of aliphatic hydroxyl groups excluding tert-OH is 1. The van der Waals surface area contributed by atoms with Crippen molar-refractivity contribution in [1.82, 2.24) is 5.32 Å². The van der Waals surface area contributed by atoms with Crippen LogP contribution in [0.2, 0.25) is 0 Å². The molecule has 6 heteroatoms. The Morgan fingerprint density at radius 1 is 1.17 bits per heavy atom. The summed E-state index contributed by atoms with van der Waals surface area (Å²) in [4.78, 5) is 26.5. The second-order valence-corrected chi connectivity index (χ2v) is 11.2. The molecule has 1 saturated heterocycles. The monoisotopic (exact) mass is 493 g/mol. The molecule has 1 amide bonds. The van der Waals surface area contributed by atoms with Crippen LogP contribution < -0.4 is 5.32 Å². The lowest BCUT2D eigenvalue weighted by Crippen LogP contribution is -2.58. The van der Waals surface area contributed by atoms with Crippen LogP contribution in [0.4, 0.5) is 0 Å². The van der Waals surface area contributed by atoms with E-state index in [9.17, 15) is 19.8 Å². The lowest BCUT2D eigenvalue weighted by atomic mass is 9.54. The molecule has 8 unspecified atom stereocenters. The topological polar surface area (TPSA) is 95.9 Å². The first kappa shape index (κ1) is 26.4. The van der Waals surface area contributed by atoms with Gasteiger partial charge >= 0.3 is 5.97 Å². The van der Waals surface area contributed by atoms with Gasteiger partial charge in [-0.3, -0.25) is 9.59 Å². The molecule has 2 aliphatic carbocycles. The summed E-state index contributed by atoms with van der Waals surface area (Å²) in [6, 6.07) is 9.76. The van der Waals surface area contributed by atoms with Crippen molar-refractivity contribution in [1.29, 1.82) is 0 Å². The van der Waals surface area contributed by atoms with Crippen molar-refractivity contribution in [2.75, 3.05) is 0 Å². The molecular formula is C30H39NO5. The van der Waals surface area contributed by atoms with Crippen LogP contribution in [0.5, 0.6) is 0 Å². The van der Waals surface area contributed by atoms with Gasteiger partial charge in [-0.1, -0.05) is 61.1 Å². The highest BCUT2D eigenvalue weighted by Crippen LogP contribution is 2.57. The van der Waals surface area contributed by atoms with Gasteiger partial charge < -0.3 is 20.3 Å². The predicted molar refractivity (Wildman–Crippen MR) is 139 cm³/mol. The average molecular weight is 494 g/mol. The van der Waals surface area contributed by atoms with Crippen molar-refractivity contribution in [2.45, 2.75) is 77.7 Å². The zero-order valence-electron chi connectivity index (χ0n) is 21.9. The number of ether oxygens (including phenoxy) is 1. The second-order valence-electron chi connectivity index (χ2n) is 11.2. The Morgan fingerprint density at radius 2 is 1.86 bits per heavy atom. The highest BCUT2D eigenvalue weighted by atomic mass is 16.5. The summed E-state index contributed by atoms with van der Waals surface area (Å²) in [5.41, 5.74) is 0.485. The summed E-state index contributed by atoms with van der Waals surface area (Å²) in [5, 5.41) is 25.9. The molecule has 1 fully saturated rings. The van der Waals surface area contributed by atoms with Gasteiger partial charge in [-0.15, -0.1) is 0 Å². The lowest BCUT2D eigenvalue weighted by Gasteiger charge is -2.49. The Hall–Kier alpha value is -2.70. The fourth-order valence-corrected chi connectivity index (χ4v) is 6.76. The molecule has 3 aliphatic rings. The third kappa shape index (κ3) is 4.69. The van der Waals surface area contributed by atoms with Crippen molar-refractivity contribution < 1.29 is 24.5 Å². The third-order valence-corrected chi connectivity index (χ3v) is 8.39. The van der Waals surface area contributed by atoms with Crippen LogP contribution in [0, 0.1) is 23.2 Å². The maximum atomic E-state index is 14.2. The van der Waals surface area contributed by atoms with E-state index in [4.69, 9.17) is 4.74 Å². The molecule has 4 rings (SSSR count). The number of aliphatic hydroxyl groups is 2. The van der Waals surface area contributed by atoms with Crippen LogP contribution in [0.1, 0.15) is 53.0 Å². The minimum Gasteiger partial charge on any atom is -0.457 e. The van der Waals surface area contributed by atoms with Crippen LogP contribution in [0.3, 0.4) is 0 Å². The Balaban J connectivity index is 1.94. The molecule has 0 aromatic heterocycles. The lowest BCUT2D eigenvalue weighted by molar-refractivity contribution is -0.161. The first-order valence-electron chi connectivity index (χ1n) is 12.9. The highest BCUT2D eigenvalue weighted by Gasteiger charge is 2.67. The number of nitrogens with one attached hydrogen (secondary N) is 1.